The Morgan fingerprint density at radius 2 is 2.16 bits per heavy atom. The molecular weight excluding hydrogens is 312 g/mol. The zero-order chi connectivity index (χ0) is 17.2. The number of amides is 1. The maximum absolute atomic E-state index is 12.5. The Bertz CT molecular complexity index is 860. The lowest BCUT2D eigenvalue weighted by atomic mass is 10.1. The molecule has 3 atom stereocenters. The number of benzene rings is 1. The largest absolute Gasteiger partial charge is 0.349 e. The quantitative estimate of drug-likeness (QED) is 0.780. The third-order valence-electron chi connectivity index (χ3n) is 4.74. The zero-order valence-corrected chi connectivity index (χ0v) is 14.0. The molecule has 25 heavy (non-hydrogen) atoms. The molecule has 5 nitrogen and oxygen atoms in total. The lowest BCUT2D eigenvalue weighted by Crippen LogP contribution is -2.28. The summed E-state index contributed by atoms with van der Waals surface area (Å²) in [6, 6.07) is 13.9. The summed E-state index contributed by atoms with van der Waals surface area (Å²) in [4.78, 5) is 16.7. The number of rotatable bonds is 5. The van der Waals surface area contributed by atoms with Gasteiger partial charge in [-0.3, -0.25) is 9.78 Å². The Morgan fingerprint density at radius 3 is 2.92 bits per heavy atom. The van der Waals surface area contributed by atoms with Crippen molar-refractivity contribution in [2.75, 3.05) is 0 Å². The van der Waals surface area contributed by atoms with Crippen LogP contribution in [0.15, 0.2) is 67.3 Å². The molecule has 5 heteroatoms. The Morgan fingerprint density at radius 1 is 1.24 bits per heavy atom. The molecule has 3 aromatic rings. The van der Waals surface area contributed by atoms with Crippen LogP contribution in [0, 0.1) is 5.92 Å². The summed E-state index contributed by atoms with van der Waals surface area (Å²) in [6.07, 6.45) is 8.18. The van der Waals surface area contributed by atoms with Crippen molar-refractivity contribution in [2.45, 2.75) is 25.3 Å². The van der Waals surface area contributed by atoms with E-state index >= 15 is 0 Å². The number of pyridine rings is 1. The van der Waals surface area contributed by atoms with Crippen LogP contribution in [-0.2, 0) is 4.79 Å². The molecule has 1 aliphatic rings. The minimum absolute atomic E-state index is 0.0434. The van der Waals surface area contributed by atoms with Crippen LogP contribution in [0.25, 0.3) is 5.69 Å². The number of nitrogens with one attached hydrogen (secondary N) is 1. The maximum atomic E-state index is 12.5. The molecule has 4 rings (SSSR count). The molecule has 0 saturated heterocycles. The van der Waals surface area contributed by atoms with Crippen LogP contribution >= 0.6 is 0 Å². The van der Waals surface area contributed by atoms with Crippen LogP contribution in [0.4, 0.5) is 0 Å². The van der Waals surface area contributed by atoms with Crippen molar-refractivity contribution in [3.63, 3.8) is 0 Å². The molecule has 1 aliphatic carbocycles. The first kappa shape index (κ1) is 15.6. The average molecular weight is 332 g/mol. The summed E-state index contributed by atoms with van der Waals surface area (Å²) in [7, 11) is 0. The lowest BCUT2D eigenvalue weighted by molar-refractivity contribution is -0.123. The molecule has 0 radical (unpaired) electrons. The van der Waals surface area contributed by atoms with E-state index in [1.807, 2.05) is 60.4 Å². The lowest BCUT2D eigenvalue weighted by Gasteiger charge is -2.15. The predicted octanol–water partition coefficient (Wildman–Crippen LogP) is 3.25. The fourth-order valence-electron chi connectivity index (χ4n) is 3.21. The van der Waals surface area contributed by atoms with Crippen molar-refractivity contribution < 1.29 is 4.79 Å². The monoisotopic (exact) mass is 332 g/mol. The number of carbonyl (C=O) groups excluding carboxylic acids is 1. The summed E-state index contributed by atoms with van der Waals surface area (Å²) >= 11 is 0. The highest BCUT2D eigenvalue weighted by atomic mass is 16.2. The van der Waals surface area contributed by atoms with E-state index in [1.165, 1.54) is 0 Å². The molecule has 1 fully saturated rings. The van der Waals surface area contributed by atoms with Gasteiger partial charge in [0, 0.05) is 30.7 Å². The molecule has 1 aromatic carbocycles. The number of hydrogen-bond acceptors (Lipinski definition) is 3. The number of aromatic nitrogens is 3. The molecule has 126 valence electrons. The van der Waals surface area contributed by atoms with Crippen LogP contribution in [0.1, 0.15) is 36.4 Å². The zero-order valence-electron chi connectivity index (χ0n) is 14.0. The molecule has 2 heterocycles. The summed E-state index contributed by atoms with van der Waals surface area (Å²) < 4.78 is 1.82. The van der Waals surface area contributed by atoms with Crippen LogP contribution < -0.4 is 5.32 Å². The molecular formula is C20H20N4O. The Kier molecular flexibility index (Phi) is 4.06. The summed E-state index contributed by atoms with van der Waals surface area (Å²) in [6.45, 7) is 2.02. The summed E-state index contributed by atoms with van der Waals surface area (Å²) in [5, 5.41) is 7.39. The van der Waals surface area contributed by atoms with Crippen LogP contribution in [-0.4, -0.2) is 20.7 Å². The van der Waals surface area contributed by atoms with Gasteiger partial charge in [-0.05, 0) is 54.7 Å². The number of carbonyl (C=O) groups is 1. The van der Waals surface area contributed by atoms with E-state index < -0.39 is 0 Å². The number of nitrogens with zero attached hydrogens (tertiary/aromatic N) is 3. The van der Waals surface area contributed by atoms with Gasteiger partial charge in [-0.2, -0.15) is 5.10 Å². The third kappa shape index (κ3) is 3.31. The van der Waals surface area contributed by atoms with Gasteiger partial charge >= 0.3 is 0 Å². The van der Waals surface area contributed by atoms with E-state index in [-0.39, 0.29) is 17.9 Å². The van der Waals surface area contributed by atoms with Gasteiger partial charge in [0.1, 0.15) is 0 Å². The fourth-order valence-corrected chi connectivity index (χ4v) is 3.21. The molecule has 0 unspecified atom stereocenters. The molecule has 0 bridgehead atoms. The van der Waals surface area contributed by atoms with Gasteiger partial charge in [0.15, 0.2) is 0 Å². The van der Waals surface area contributed by atoms with E-state index in [4.69, 9.17) is 0 Å². The first-order valence-corrected chi connectivity index (χ1v) is 8.52. The minimum Gasteiger partial charge on any atom is -0.349 e. The van der Waals surface area contributed by atoms with E-state index in [1.54, 1.807) is 12.4 Å². The van der Waals surface area contributed by atoms with Crippen molar-refractivity contribution in [1.29, 1.82) is 0 Å². The highest BCUT2D eigenvalue weighted by molar-refractivity contribution is 5.83. The topological polar surface area (TPSA) is 59.8 Å². The second-order valence-electron chi connectivity index (χ2n) is 6.51. The standard InChI is InChI=1S/C20H20N4O/c1-14(15-5-2-7-17(11-15)24-10-4-9-22-24)23-20(25)19-12-18(19)16-6-3-8-21-13-16/h2-11,13-14,18-19H,12H2,1H3,(H,23,25)/t14-,18+,19+/m0/s1. The van der Waals surface area contributed by atoms with Gasteiger partial charge in [-0.1, -0.05) is 18.2 Å². The molecule has 0 aliphatic heterocycles. The first-order chi connectivity index (χ1) is 12.2. The van der Waals surface area contributed by atoms with Crippen LogP contribution in [0.3, 0.4) is 0 Å². The maximum Gasteiger partial charge on any atom is 0.224 e. The highest BCUT2D eigenvalue weighted by Gasteiger charge is 2.44. The van der Waals surface area contributed by atoms with E-state index in [0.29, 0.717) is 5.92 Å². The van der Waals surface area contributed by atoms with Gasteiger partial charge in [-0.25, -0.2) is 4.68 Å². The third-order valence-corrected chi connectivity index (χ3v) is 4.74. The van der Waals surface area contributed by atoms with Gasteiger partial charge < -0.3 is 5.32 Å². The van der Waals surface area contributed by atoms with Crippen molar-refractivity contribution >= 4 is 5.91 Å². The highest BCUT2D eigenvalue weighted by Crippen LogP contribution is 2.47. The van der Waals surface area contributed by atoms with Gasteiger partial charge in [0.25, 0.3) is 0 Å². The van der Waals surface area contributed by atoms with Crippen LogP contribution in [0.5, 0.6) is 0 Å². The van der Waals surface area contributed by atoms with Gasteiger partial charge in [-0.15, -0.1) is 0 Å². The predicted molar refractivity (Wildman–Crippen MR) is 95.2 cm³/mol. The van der Waals surface area contributed by atoms with Crippen molar-refractivity contribution in [3.8, 4) is 5.69 Å². The molecule has 1 saturated carbocycles. The smallest absolute Gasteiger partial charge is 0.224 e. The van der Waals surface area contributed by atoms with Crippen LogP contribution in [0.2, 0.25) is 0 Å². The minimum atomic E-state index is -0.0434. The molecule has 0 spiro atoms. The molecule has 1 amide bonds. The summed E-state index contributed by atoms with van der Waals surface area (Å²) in [5.74, 6) is 0.475. The first-order valence-electron chi connectivity index (χ1n) is 8.52. The second kappa shape index (κ2) is 6.51. The van der Waals surface area contributed by atoms with E-state index in [9.17, 15) is 4.79 Å². The van der Waals surface area contributed by atoms with E-state index in [2.05, 4.69) is 21.5 Å². The van der Waals surface area contributed by atoms with Crippen molar-refractivity contribution in [2.24, 2.45) is 5.92 Å². The Hall–Kier alpha value is -2.95. The Labute approximate surface area is 146 Å². The fraction of sp³-hybridized carbons (Fsp3) is 0.250. The Balaban J connectivity index is 1.42. The van der Waals surface area contributed by atoms with Crippen molar-refractivity contribution in [1.82, 2.24) is 20.1 Å². The normalized spacial score (nSPS) is 20.0. The number of hydrogen-bond donors (Lipinski definition) is 1. The van der Waals surface area contributed by atoms with Gasteiger partial charge in [0.05, 0.1) is 11.7 Å². The SMILES string of the molecule is C[C@H](NC(=O)[C@@H]1C[C@@H]1c1cccnc1)c1cccc(-n2cccn2)c1. The summed E-state index contributed by atoms with van der Waals surface area (Å²) in [5.41, 5.74) is 3.21. The average Bonchev–Trinajstić information content (AvgIpc) is 3.27. The van der Waals surface area contributed by atoms with Gasteiger partial charge in [0.2, 0.25) is 5.91 Å². The van der Waals surface area contributed by atoms with Crippen molar-refractivity contribution in [3.05, 3.63) is 78.4 Å². The van der Waals surface area contributed by atoms with E-state index in [0.717, 1.165) is 23.2 Å². The molecule has 1 N–H and O–H groups in total. The molecule has 2 aromatic heterocycles. The second-order valence-corrected chi connectivity index (χ2v) is 6.51.